The minimum atomic E-state index is -0.518. The van der Waals surface area contributed by atoms with Crippen LogP contribution in [0.1, 0.15) is 13.3 Å². The van der Waals surface area contributed by atoms with E-state index >= 15 is 0 Å². The summed E-state index contributed by atoms with van der Waals surface area (Å²) in [6.07, 6.45) is 0.841. The van der Waals surface area contributed by atoms with Gasteiger partial charge in [-0.1, -0.05) is 11.6 Å². The molecule has 0 radical (unpaired) electrons. The number of anilines is 2. The smallest absolute Gasteiger partial charge is 0.217 e. The van der Waals surface area contributed by atoms with Crippen molar-refractivity contribution in [2.24, 2.45) is 0 Å². The number of carbonyl (C=O) groups excluding carboxylic acids is 1. The molecule has 1 fully saturated rings. The lowest BCUT2D eigenvalue weighted by atomic mass is 10.2. The molecular formula is C12H15ClFN3O. The molecule has 1 aromatic rings. The van der Waals surface area contributed by atoms with Crippen molar-refractivity contribution >= 4 is 28.9 Å². The molecular weight excluding hydrogens is 257 g/mol. The van der Waals surface area contributed by atoms with Gasteiger partial charge in [-0.15, -0.1) is 0 Å². The Morgan fingerprint density at radius 1 is 1.61 bits per heavy atom. The average Bonchev–Trinajstić information content (AvgIpc) is 2.70. The highest BCUT2D eigenvalue weighted by molar-refractivity contribution is 6.31. The number of halogens is 2. The Bertz CT molecular complexity index is 481. The summed E-state index contributed by atoms with van der Waals surface area (Å²) >= 11 is 5.76. The van der Waals surface area contributed by atoms with Crippen LogP contribution in [0.15, 0.2) is 12.1 Å². The number of carbonyl (C=O) groups is 1. The quantitative estimate of drug-likeness (QED) is 0.806. The third-order valence-electron chi connectivity index (χ3n) is 3.01. The van der Waals surface area contributed by atoms with E-state index in [1.165, 1.54) is 19.1 Å². The van der Waals surface area contributed by atoms with Crippen molar-refractivity contribution in [1.29, 1.82) is 0 Å². The first-order valence-corrected chi connectivity index (χ1v) is 6.11. The second kappa shape index (κ2) is 5.02. The number of hydrogen-bond donors (Lipinski definition) is 2. The fourth-order valence-corrected chi connectivity index (χ4v) is 2.37. The summed E-state index contributed by atoms with van der Waals surface area (Å²) in [4.78, 5) is 13.0. The number of nitrogen functional groups attached to an aromatic ring is 1. The lowest BCUT2D eigenvalue weighted by Crippen LogP contribution is -2.35. The first kappa shape index (κ1) is 13.0. The molecule has 1 amide bonds. The molecule has 3 N–H and O–H groups in total. The van der Waals surface area contributed by atoms with Gasteiger partial charge in [-0.2, -0.15) is 0 Å². The van der Waals surface area contributed by atoms with E-state index in [0.717, 1.165) is 13.0 Å². The van der Waals surface area contributed by atoms with Gasteiger partial charge in [0.2, 0.25) is 5.91 Å². The van der Waals surface area contributed by atoms with Crippen molar-refractivity contribution in [3.05, 3.63) is 23.0 Å². The van der Waals surface area contributed by atoms with Crippen LogP contribution >= 0.6 is 11.6 Å². The van der Waals surface area contributed by atoms with Gasteiger partial charge in [0.15, 0.2) is 0 Å². The van der Waals surface area contributed by atoms with Gasteiger partial charge in [0, 0.05) is 32.1 Å². The molecule has 1 unspecified atom stereocenters. The summed E-state index contributed by atoms with van der Waals surface area (Å²) in [6, 6.07) is 2.86. The maximum absolute atomic E-state index is 13.2. The van der Waals surface area contributed by atoms with E-state index < -0.39 is 5.82 Å². The van der Waals surface area contributed by atoms with Gasteiger partial charge in [0.25, 0.3) is 0 Å². The van der Waals surface area contributed by atoms with Crippen LogP contribution in [-0.4, -0.2) is 25.0 Å². The third-order valence-corrected chi connectivity index (χ3v) is 3.30. The molecule has 1 saturated heterocycles. The molecule has 0 aromatic heterocycles. The number of nitrogens with one attached hydrogen (secondary N) is 1. The van der Waals surface area contributed by atoms with Crippen molar-refractivity contribution in [1.82, 2.24) is 5.32 Å². The number of nitrogens with two attached hydrogens (primary N) is 1. The van der Waals surface area contributed by atoms with E-state index in [1.807, 2.05) is 4.90 Å². The van der Waals surface area contributed by atoms with Gasteiger partial charge in [-0.05, 0) is 12.5 Å². The predicted octanol–water partition coefficient (Wildman–Crippen LogP) is 1.78. The van der Waals surface area contributed by atoms with E-state index in [9.17, 15) is 9.18 Å². The zero-order valence-electron chi connectivity index (χ0n) is 10.0. The molecule has 1 aliphatic rings. The number of amides is 1. The lowest BCUT2D eigenvalue weighted by Gasteiger charge is -2.21. The summed E-state index contributed by atoms with van der Waals surface area (Å²) in [6.45, 7) is 2.91. The molecule has 1 heterocycles. The van der Waals surface area contributed by atoms with E-state index in [0.29, 0.717) is 17.9 Å². The maximum atomic E-state index is 13.2. The Hall–Kier alpha value is -1.49. The molecule has 1 aromatic carbocycles. The molecule has 18 heavy (non-hydrogen) atoms. The Labute approximate surface area is 110 Å². The number of hydrogen-bond acceptors (Lipinski definition) is 3. The van der Waals surface area contributed by atoms with Gasteiger partial charge in [0.1, 0.15) is 5.82 Å². The highest BCUT2D eigenvalue weighted by atomic mass is 35.5. The van der Waals surface area contributed by atoms with Crippen LogP contribution in [0.2, 0.25) is 5.02 Å². The van der Waals surface area contributed by atoms with Gasteiger partial charge >= 0.3 is 0 Å². The molecule has 0 bridgehead atoms. The molecule has 6 heteroatoms. The Balaban J connectivity index is 2.14. The topological polar surface area (TPSA) is 58.4 Å². The zero-order chi connectivity index (χ0) is 13.3. The molecule has 1 aliphatic heterocycles. The maximum Gasteiger partial charge on any atom is 0.217 e. The molecule has 0 saturated carbocycles. The highest BCUT2D eigenvalue weighted by Gasteiger charge is 2.25. The summed E-state index contributed by atoms with van der Waals surface area (Å²) in [7, 11) is 0. The number of nitrogens with zero attached hydrogens (tertiary/aromatic N) is 1. The van der Waals surface area contributed by atoms with Gasteiger partial charge in [-0.3, -0.25) is 4.79 Å². The van der Waals surface area contributed by atoms with Crippen molar-refractivity contribution in [2.75, 3.05) is 23.7 Å². The molecule has 4 nitrogen and oxygen atoms in total. The first-order chi connectivity index (χ1) is 8.47. The van der Waals surface area contributed by atoms with Gasteiger partial charge in [0.05, 0.1) is 16.4 Å². The van der Waals surface area contributed by atoms with Gasteiger partial charge in [-0.25, -0.2) is 4.39 Å². The minimum Gasteiger partial charge on any atom is -0.397 e. The second-order valence-corrected chi connectivity index (χ2v) is 4.86. The Kier molecular flexibility index (Phi) is 3.61. The fourth-order valence-electron chi connectivity index (χ4n) is 2.21. The van der Waals surface area contributed by atoms with Crippen LogP contribution in [0, 0.1) is 5.82 Å². The largest absolute Gasteiger partial charge is 0.397 e. The first-order valence-electron chi connectivity index (χ1n) is 5.74. The van der Waals surface area contributed by atoms with Crippen LogP contribution in [0.3, 0.4) is 0 Å². The van der Waals surface area contributed by atoms with Crippen LogP contribution in [0.25, 0.3) is 0 Å². The van der Waals surface area contributed by atoms with Crippen LogP contribution < -0.4 is 16.0 Å². The molecule has 2 rings (SSSR count). The van der Waals surface area contributed by atoms with Gasteiger partial charge < -0.3 is 16.0 Å². The Morgan fingerprint density at radius 3 is 3.00 bits per heavy atom. The van der Waals surface area contributed by atoms with Crippen molar-refractivity contribution in [3.8, 4) is 0 Å². The summed E-state index contributed by atoms with van der Waals surface area (Å²) in [5.74, 6) is -0.567. The molecule has 1 atom stereocenters. The molecule has 98 valence electrons. The highest BCUT2D eigenvalue weighted by Crippen LogP contribution is 2.31. The van der Waals surface area contributed by atoms with Crippen LogP contribution in [-0.2, 0) is 4.79 Å². The van der Waals surface area contributed by atoms with Crippen molar-refractivity contribution in [3.63, 3.8) is 0 Å². The monoisotopic (exact) mass is 271 g/mol. The fraction of sp³-hybridized carbons (Fsp3) is 0.417. The summed E-state index contributed by atoms with van der Waals surface area (Å²) in [5.41, 5.74) is 6.87. The van der Waals surface area contributed by atoms with E-state index in [4.69, 9.17) is 17.3 Å². The second-order valence-electron chi connectivity index (χ2n) is 4.46. The molecule has 0 spiro atoms. The van der Waals surface area contributed by atoms with Crippen LogP contribution in [0.5, 0.6) is 0 Å². The molecule has 0 aliphatic carbocycles. The Morgan fingerprint density at radius 2 is 2.33 bits per heavy atom. The van der Waals surface area contributed by atoms with E-state index in [-0.39, 0.29) is 17.0 Å². The SMILES string of the molecule is CC(=O)NC1CCN(c2cc(Cl)c(F)cc2N)C1. The lowest BCUT2D eigenvalue weighted by molar-refractivity contribution is -0.119. The zero-order valence-corrected chi connectivity index (χ0v) is 10.8. The standard InChI is InChI=1S/C12H15ClFN3O/c1-7(18)16-8-2-3-17(6-8)12-4-9(13)10(14)5-11(12)15/h4-5,8H,2-3,6,15H2,1H3,(H,16,18). The predicted molar refractivity (Wildman–Crippen MR) is 70.3 cm³/mol. The summed E-state index contributed by atoms with van der Waals surface area (Å²) < 4.78 is 13.2. The van der Waals surface area contributed by atoms with E-state index in [2.05, 4.69) is 5.32 Å². The number of rotatable bonds is 2. The third kappa shape index (κ3) is 2.67. The average molecular weight is 272 g/mol. The van der Waals surface area contributed by atoms with Crippen LogP contribution in [0.4, 0.5) is 15.8 Å². The normalized spacial score (nSPS) is 19.1. The van der Waals surface area contributed by atoms with Crippen molar-refractivity contribution in [2.45, 2.75) is 19.4 Å². The minimum absolute atomic E-state index is 0.0491. The number of benzene rings is 1. The van der Waals surface area contributed by atoms with E-state index in [1.54, 1.807) is 0 Å². The summed E-state index contributed by atoms with van der Waals surface area (Å²) in [5, 5.41) is 2.92. The van der Waals surface area contributed by atoms with Crippen molar-refractivity contribution < 1.29 is 9.18 Å².